The quantitative estimate of drug-likeness (QED) is 0.658. The normalized spacial score (nSPS) is 29.5. The molecule has 1 amide bonds. The van der Waals surface area contributed by atoms with Gasteiger partial charge in [-0.05, 0) is 11.8 Å². The van der Waals surface area contributed by atoms with Crippen LogP contribution < -0.4 is 0 Å². The molecule has 2 nitrogen and oxygen atoms in total. The van der Waals surface area contributed by atoms with Crippen molar-refractivity contribution in [3.63, 3.8) is 0 Å². The number of alkyl halides is 3. The predicted octanol–water partition coefficient (Wildman–Crippen LogP) is 2.09. The summed E-state index contributed by atoms with van der Waals surface area (Å²) in [7, 11) is 0. The van der Waals surface area contributed by atoms with E-state index in [-0.39, 0.29) is 0 Å². The molecule has 0 radical (unpaired) electrons. The van der Waals surface area contributed by atoms with Gasteiger partial charge in [-0.25, -0.2) is 0 Å². The summed E-state index contributed by atoms with van der Waals surface area (Å²) < 4.78 is 25.1. The fourth-order valence-corrected chi connectivity index (χ4v) is 1.73. The van der Waals surface area contributed by atoms with Crippen LogP contribution in [0.3, 0.4) is 0 Å². The SMILES string of the molecule is CC1CN(C(=O)C(F)(F)Br)CC1C. The molecule has 0 saturated carbocycles. The van der Waals surface area contributed by atoms with E-state index in [9.17, 15) is 13.6 Å². The van der Waals surface area contributed by atoms with Crippen molar-refractivity contribution in [2.45, 2.75) is 18.7 Å². The van der Waals surface area contributed by atoms with E-state index >= 15 is 0 Å². The molecule has 0 N–H and O–H groups in total. The molecule has 0 aromatic carbocycles. The van der Waals surface area contributed by atoms with Crippen LogP contribution in [0.2, 0.25) is 0 Å². The van der Waals surface area contributed by atoms with Crippen molar-refractivity contribution in [2.24, 2.45) is 11.8 Å². The highest BCUT2D eigenvalue weighted by molar-refractivity contribution is 9.10. The highest BCUT2D eigenvalue weighted by Gasteiger charge is 2.42. The van der Waals surface area contributed by atoms with Gasteiger partial charge in [-0.1, -0.05) is 13.8 Å². The van der Waals surface area contributed by atoms with Crippen LogP contribution in [0.4, 0.5) is 8.78 Å². The first-order valence-electron chi connectivity index (χ1n) is 4.18. The number of halogens is 3. The van der Waals surface area contributed by atoms with Gasteiger partial charge in [0, 0.05) is 29.0 Å². The van der Waals surface area contributed by atoms with E-state index in [1.165, 1.54) is 4.90 Å². The van der Waals surface area contributed by atoms with E-state index < -0.39 is 10.7 Å². The zero-order chi connectivity index (χ0) is 10.2. The lowest BCUT2D eigenvalue weighted by Crippen LogP contribution is -2.38. The van der Waals surface area contributed by atoms with Gasteiger partial charge >= 0.3 is 10.7 Å². The smallest absolute Gasteiger partial charge is 0.336 e. The molecule has 0 aliphatic carbocycles. The minimum atomic E-state index is -3.41. The third-order valence-corrected chi connectivity index (χ3v) is 2.86. The van der Waals surface area contributed by atoms with Crippen LogP contribution in [0.25, 0.3) is 0 Å². The maximum atomic E-state index is 12.5. The van der Waals surface area contributed by atoms with Crippen molar-refractivity contribution < 1.29 is 13.6 Å². The largest absolute Gasteiger partial charge is 0.377 e. The molecule has 0 aromatic rings. The van der Waals surface area contributed by atoms with E-state index in [2.05, 4.69) is 15.9 Å². The van der Waals surface area contributed by atoms with Gasteiger partial charge in [-0.2, -0.15) is 8.78 Å². The Morgan fingerprint density at radius 3 is 2.08 bits per heavy atom. The van der Waals surface area contributed by atoms with Gasteiger partial charge in [0.05, 0.1) is 0 Å². The summed E-state index contributed by atoms with van der Waals surface area (Å²) in [6.07, 6.45) is 0. The van der Waals surface area contributed by atoms with E-state index in [1.54, 1.807) is 0 Å². The Hall–Kier alpha value is -0.190. The van der Waals surface area contributed by atoms with Crippen molar-refractivity contribution in [3.05, 3.63) is 0 Å². The maximum absolute atomic E-state index is 12.5. The number of hydrogen-bond acceptors (Lipinski definition) is 1. The fourth-order valence-electron chi connectivity index (χ4n) is 1.47. The van der Waals surface area contributed by atoms with Crippen LogP contribution in [0, 0.1) is 11.8 Å². The van der Waals surface area contributed by atoms with Gasteiger partial charge in [0.2, 0.25) is 0 Å². The molecular weight excluding hydrogens is 244 g/mol. The first kappa shape index (κ1) is 10.9. The summed E-state index contributed by atoms with van der Waals surface area (Å²) in [4.78, 5) is 8.89. The van der Waals surface area contributed by atoms with Crippen molar-refractivity contribution in [1.29, 1.82) is 0 Å². The molecule has 1 aliphatic rings. The Morgan fingerprint density at radius 1 is 1.38 bits per heavy atom. The zero-order valence-electron chi connectivity index (χ0n) is 7.56. The van der Waals surface area contributed by atoms with Crippen LogP contribution in [-0.2, 0) is 4.79 Å². The van der Waals surface area contributed by atoms with Gasteiger partial charge in [-0.15, -0.1) is 0 Å². The summed E-state index contributed by atoms with van der Waals surface area (Å²) in [6.45, 7) is 4.79. The number of carbonyl (C=O) groups excluding carboxylic acids is 1. The molecule has 1 heterocycles. The molecule has 1 fully saturated rings. The van der Waals surface area contributed by atoms with Crippen LogP contribution in [-0.4, -0.2) is 28.7 Å². The molecule has 13 heavy (non-hydrogen) atoms. The lowest BCUT2D eigenvalue weighted by atomic mass is 10.0. The second-order valence-electron chi connectivity index (χ2n) is 3.66. The Balaban J connectivity index is 2.61. The van der Waals surface area contributed by atoms with Crippen LogP contribution >= 0.6 is 15.9 Å². The van der Waals surface area contributed by atoms with E-state index in [0.29, 0.717) is 24.9 Å². The highest BCUT2D eigenvalue weighted by atomic mass is 79.9. The number of carbonyl (C=O) groups is 1. The summed E-state index contributed by atoms with van der Waals surface area (Å²) in [5.41, 5.74) is 0. The standard InChI is InChI=1S/C8H12BrF2NO/c1-5-3-12(4-6(5)2)7(13)8(9,10)11/h5-6H,3-4H2,1-2H3. The Morgan fingerprint density at radius 2 is 1.77 bits per heavy atom. The minimum Gasteiger partial charge on any atom is -0.336 e. The molecule has 1 rings (SSSR count). The van der Waals surface area contributed by atoms with Crippen molar-refractivity contribution in [1.82, 2.24) is 4.90 Å². The van der Waals surface area contributed by atoms with Gasteiger partial charge in [0.1, 0.15) is 0 Å². The van der Waals surface area contributed by atoms with Crippen LogP contribution in [0.5, 0.6) is 0 Å². The predicted molar refractivity (Wildman–Crippen MR) is 48.8 cm³/mol. The molecule has 1 saturated heterocycles. The Kier molecular flexibility index (Phi) is 2.95. The molecule has 76 valence electrons. The maximum Gasteiger partial charge on any atom is 0.377 e. The number of nitrogens with zero attached hydrogens (tertiary/aromatic N) is 1. The Bertz CT molecular complexity index is 207. The average molecular weight is 256 g/mol. The number of likely N-dealkylation sites (tertiary alicyclic amines) is 1. The molecule has 2 atom stereocenters. The number of rotatable bonds is 1. The highest BCUT2D eigenvalue weighted by Crippen LogP contribution is 2.29. The van der Waals surface area contributed by atoms with E-state index in [0.717, 1.165) is 0 Å². The fraction of sp³-hybridized carbons (Fsp3) is 0.875. The molecule has 2 unspecified atom stereocenters. The number of hydrogen-bond donors (Lipinski definition) is 0. The Labute approximate surface area is 84.4 Å². The first-order valence-corrected chi connectivity index (χ1v) is 4.97. The summed E-state index contributed by atoms with van der Waals surface area (Å²) in [5.74, 6) is -0.513. The second kappa shape index (κ2) is 3.52. The van der Waals surface area contributed by atoms with Gasteiger partial charge < -0.3 is 4.90 Å². The van der Waals surface area contributed by atoms with Gasteiger partial charge in [-0.3, -0.25) is 4.79 Å². The van der Waals surface area contributed by atoms with Crippen molar-refractivity contribution in [2.75, 3.05) is 13.1 Å². The first-order chi connectivity index (χ1) is 5.82. The third-order valence-electron chi connectivity index (χ3n) is 2.52. The summed E-state index contributed by atoms with van der Waals surface area (Å²) >= 11 is 2.07. The molecule has 0 aromatic heterocycles. The molecular formula is C8H12BrF2NO. The van der Waals surface area contributed by atoms with Crippen molar-refractivity contribution in [3.8, 4) is 0 Å². The summed E-state index contributed by atoms with van der Waals surface area (Å²) in [5, 5.41) is 0. The van der Waals surface area contributed by atoms with E-state index in [1.807, 2.05) is 13.8 Å². The van der Waals surface area contributed by atoms with E-state index in [4.69, 9.17) is 0 Å². The topological polar surface area (TPSA) is 20.3 Å². The summed E-state index contributed by atoms with van der Waals surface area (Å²) in [6, 6.07) is 0. The average Bonchev–Trinajstić information content (AvgIpc) is 2.29. The monoisotopic (exact) mass is 255 g/mol. The molecule has 0 spiro atoms. The second-order valence-corrected chi connectivity index (χ2v) is 4.66. The van der Waals surface area contributed by atoms with Gasteiger partial charge in [0.25, 0.3) is 0 Å². The lowest BCUT2D eigenvalue weighted by molar-refractivity contribution is -0.144. The third kappa shape index (κ3) is 2.39. The van der Waals surface area contributed by atoms with Crippen LogP contribution in [0.1, 0.15) is 13.8 Å². The lowest BCUT2D eigenvalue weighted by Gasteiger charge is -2.18. The van der Waals surface area contributed by atoms with Crippen molar-refractivity contribution >= 4 is 21.8 Å². The number of amides is 1. The molecule has 1 aliphatic heterocycles. The molecule has 5 heteroatoms. The van der Waals surface area contributed by atoms with Crippen LogP contribution in [0.15, 0.2) is 0 Å². The van der Waals surface area contributed by atoms with Gasteiger partial charge in [0.15, 0.2) is 0 Å². The minimum absolute atomic E-state index is 0.304. The zero-order valence-corrected chi connectivity index (χ0v) is 9.14. The molecule has 0 bridgehead atoms.